The molecule has 170 valence electrons. The lowest BCUT2D eigenvalue weighted by molar-refractivity contribution is 0.367. The van der Waals surface area contributed by atoms with Gasteiger partial charge in [-0.05, 0) is 61.9 Å². The number of aromatic amines is 1. The standard InChI is InChI=1S/C27H33F2N3/c1-18-30-25-12-11-20(15-26(25)31-18)27-10-7-13-32(27)21-16-23(28)22(24(29)17-21)14-19-8-5-3-2-4-6-9-19/h11-12,15-17,19,27H,2-10,13-14H2,1H3,(H,30,31)/t27-/m1/s1. The van der Waals surface area contributed by atoms with Crippen LogP contribution < -0.4 is 4.90 Å². The molecule has 2 heterocycles. The van der Waals surface area contributed by atoms with Crippen LogP contribution in [-0.4, -0.2) is 16.5 Å². The van der Waals surface area contributed by atoms with Crippen LogP contribution in [0.3, 0.4) is 0 Å². The summed E-state index contributed by atoms with van der Waals surface area (Å²) in [7, 11) is 0. The second-order valence-corrected chi connectivity index (χ2v) is 9.75. The van der Waals surface area contributed by atoms with Gasteiger partial charge >= 0.3 is 0 Å². The minimum Gasteiger partial charge on any atom is -0.364 e. The summed E-state index contributed by atoms with van der Waals surface area (Å²) in [6, 6.07) is 9.52. The van der Waals surface area contributed by atoms with Gasteiger partial charge in [0.2, 0.25) is 0 Å². The zero-order chi connectivity index (χ0) is 22.1. The number of aryl methyl sites for hydroxylation is 1. The van der Waals surface area contributed by atoms with Crippen LogP contribution in [0.1, 0.15) is 80.8 Å². The minimum absolute atomic E-state index is 0.117. The van der Waals surface area contributed by atoms with Crippen LogP contribution in [0.15, 0.2) is 30.3 Å². The SMILES string of the molecule is Cc1nc2cc([C@H]3CCCN3c3cc(F)c(CC4CCCCCCC4)c(F)c3)ccc2[nH]1. The van der Waals surface area contributed by atoms with Gasteiger partial charge in [-0.2, -0.15) is 0 Å². The summed E-state index contributed by atoms with van der Waals surface area (Å²) in [6.45, 7) is 2.76. The number of imidazole rings is 1. The molecule has 1 N–H and O–H groups in total. The van der Waals surface area contributed by atoms with E-state index >= 15 is 8.78 Å². The van der Waals surface area contributed by atoms with Crippen LogP contribution in [-0.2, 0) is 6.42 Å². The monoisotopic (exact) mass is 437 g/mol. The molecule has 2 fully saturated rings. The summed E-state index contributed by atoms with van der Waals surface area (Å²) in [5.74, 6) is 0.523. The first-order chi connectivity index (χ1) is 15.6. The highest BCUT2D eigenvalue weighted by Crippen LogP contribution is 2.38. The van der Waals surface area contributed by atoms with Crippen molar-refractivity contribution in [3.63, 3.8) is 0 Å². The second kappa shape index (κ2) is 9.21. The van der Waals surface area contributed by atoms with Crippen LogP contribution >= 0.6 is 0 Å². The Hall–Kier alpha value is -2.43. The summed E-state index contributed by atoms with van der Waals surface area (Å²) >= 11 is 0. The topological polar surface area (TPSA) is 31.9 Å². The zero-order valence-corrected chi connectivity index (χ0v) is 19.0. The highest BCUT2D eigenvalue weighted by atomic mass is 19.1. The molecule has 5 heteroatoms. The first-order valence-electron chi connectivity index (χ1n) is 12.3. The van der Waals surface area contributed by atoms with Crippen LogP contribution in [0.25, 0.3) is 11.0 Å². The summed E-state index contributed by atoms with van der Waals surface area (Å²) in [5.41, 5.74) is 4.05. The van der Waals surface area contributed by atoms with Gasteiger partial charge in [0, 0.05) is 17.8 Å². The molecule has 1 atom stereocenters. The first-order valence-corrected chi connectivity index (χ1v) is 12.3. The molecule has 2 aliphatic rings. The fraction of sp³-hybridized carbons (Fsp3) is 0.519. The summed E-state index contributed by atoms with van der Waals surface area (Å²) in [4.78, 5) is 9.97. The summed E-state index contributed by atoms with van der Waals surface area (Å²) in [6.07, 6.45) is 10.8. The van der Waals surface area contributed by atoms with Crippen molar-refractivity contribution in [1.29, 1.82) is 0 Å². The first kappa shape index (κ1) is 21.4. The molecule has 3 aromatic rings. The van der Waals surface area contributed by atoms with Gasteiger partial charge in [-0.25, -0.2) is 13.8 Å². The number of nitrogens with one attached hydrogen (secondary N) is 1. The average molecular weight is 438 g/mol. The van der Waals surface area contributed by atoms with Crippen molar-refractivity contribution in [2.45, 2.75) is 77.2 Å². The average Bonchev–Trinajstić information content (AvgIpc) is 3.37. The van der Waals surface area contributed by atoms with Crippen molar-refractivity contribution in [2.75, 3.05) is 11.4 Å². The van der Waals surface area contributed by atoms with Crippen molar-refractivity contribution in [3.05, 3.63) is 58.9 Å². The van der Waals surface area contributed by atoms with Crippen molar-refractivity contribution >= 4 is 16.7 Å². The Morgan fingerprint density at radius 2 is 1.66 bits per heavy atom. The zero-order valence-electron chi connectivity index (χ0n) is 19.0. The molecule has 3 nitrogen and oxygen atoms in total. The molecule has 1 aliphatic heterocycles. The van der Waals surface area contributed by atoms with E-state index in [1.54, 1.807) is 12.1 Å². The van der Waals surface area contributed by atoms with E-state index < -0.39 is 0 Å². The Kier molecular flexibility index (Phi) is 6.16. The molecule has 0 amide bonds. The molecule has 0 spiro atoms. The summed E-state index contributed by atoms with van der Waals surface area (Å²) in [5, 5.41) is 0. The third kappa shape index (κ3) is 4.39. The summed E-state index contributed by atoms with van der Waals surface area (Å²) < 4.78 is 30.3. The van der Waals surface area contributed by atoms with Crippen molar-refractivity contribution in [3.8, 4) is 0 Å². The Labute approximate surface area is 189 Å². The lowest BCUT2D eigenvalue weighted by Crippen LogP contribution is -2.23. The molecule has 5 rings (SSSR count). The molecule has 0 unspecified atom stereocenters. The second-order valence-electron chi connectivity index (χ2n) is 9.75. The van der Waals surface area contributed by atoms with Gasteiger partial charge in [0.05, 0.1) is 17.1 Å². The lowest BCUT2D eigenvalue weighted by atomic mass is 9.86. The number of halogens is 2. The Morgan fingerprint density at radius 3 is 2.41 bits per heavy atom. The van der Waals surface area contributed by atoms with E-state index in [0.29, 0.717) is 18.0 Å². The number of fused-ring (bicyclic) bond motifs is 1. The highest BCUT2D eigenvalue weighted by Gasteiger charge is 2.28. The molecule has 1 aliphatic carbocycles. The molecule has 1 aromatic heterocycles. The number of aromatic nitrogens is 2. The van der Waals surface area contributed by atoms with E-state index in [2.05, 4.69) is 33.1 Å². The maximum Gasteiger partial charge on any atom is 0.131 e. The highest BCUT2D eigenvalue weighted by molar-refractivity contribution is 5.76. The molecular weight excluding hydrogens is 404 g/mol. The smallest absolute Gasteiger partial charge is 0.131 e. The number of H-pyrrole nitrogens is 1. The van der Waals surface area contributed by atoms with E-state index in [1.165, 1.54) is 32.1 Å². The number of benzene rings is 2. The van der Waals surface area contributed by atoms with Gasteiger partial charge in [0.1, 0.15) is 17.5 Å². The van der Waals surface area contributed by atoms with Crippen LogP contribution in [0.4, 0.5) is 14.5 Å². The Morgan fingerprint density at radius 1 is 0.938 bits per heavy atom. The third-order valence-electron chi connectivity index (χ3n) is 7.44. The Balaban J connectivity index is 1.38. The number of anilines is 1. The maximum absolute atomic E-state index is 15.2. The number of hydrogen-bond donors (Lipinski definition) is 1. The molecule has 2 aromatic carbocycles. The quantitative estimate of drug-likeness (QED) is 0.461. The van der Waals surface area contributed by atoms with Gasteiger partial charge < -0.3 is 9.88 Å². The third-order valence-corrected chi connectivity index (χ3v) is 7.44. The molecular formula is C27H33F2N3. The van der Waals surface area contributed by atoms with E-state index in [1.807, 2.05) is 6.92 Å². The van der Waals surface area contributed by atoms with Gasteiger partial charge in [0.15, 0.2) is 0 Å². The Bertz CT molecular complexity index is 1060. The van der Waals surface area contributed by atoms with Crippen LogP contribution in [0, 0.1) is 24.5 Å². The lowest BCUT2D eigenvalue weighted by Gasteiger charge is -2.28. The van der Waals surface area contributed by atoms with Crippen molar-refractivity contribution in [2.24, 2.45) is 5.92 Å². The van der Waals surface area contributed by atoms with Gasteiger partial charge in [-0.3, -0.25) is 0 Å². The van der Waals surface area contributed by atoms with Crippen LogP contribution in [0.5, 0.6) is 0 Å². The van der Waals surface area contributed by atoms with Gasteiger partial charge in [0.25, 0.3) is 0 Å². The minimum atomic E-state index is -0.383. The molecule has 1 saturated heterocycles. The molecule has 0 bridgehead atoms. The van der Waals surface area contributed by atoms with E-state index in [-0.39, 0.29) is 23.2 Å². The van der Waals surface area contributed by atoms with E-state index in [0.717, 1.165) is 54.6 Å². The maximum atomic E-state index is 15.2. The van der Waals surface area contributed by atoms with Gasteiger partial charge in [-0.15, -0.1) is 0 Å². The normalized spacial score (nSPS) is 20.6. The molecule has 0 radical (unpaired) electrons. The molecule has 32 heavy (non-hydrogen) atoms. The van der Waals surface area contributed by atoms with E-state index in [4.69, 9.17) is 0 Å². The fourth-order valence-electron chi connectivity index (χ4n) is 5.76. The largest absolute Gasteiger partial charge is 0.364 e. The fourth-order valence-corrected chi connectivity index (χ4v) is 5.76. The van der Waals surface area contributed by atoms with Gasteiger partial charge in [-0.1, -0.05) is 51.0 Å². The van der Waals surface area contributed by atoms with Crippen LogP contribution in [0.2, 0.25) is 0 Å². The number of nitrogens with zero attached hydrogens (tertiary/aromatic N) is 2. The predicted octanol–water partition coefficient (Wildman–Crippen LogP) is 7.39. The number of rotatable bonds is 4. The van der Waals surface area contributed by atoms with E-state index in [9.17, 15) is 0 Å². The predicted molar refractivity (Wildman–Crippen MR) is 126 cm³/mol. The van der Waals surface area contributed by atoms with Crippen molar-refractivity contribution < 1.29 is 8.78 Å². The molecule has 1 saturated carbocycles. The number of hydrogen-bond acceptors (Lipinski definition) is 2. The van der Waals surface area contributed by atoms with Crippen molar-refractivity contribution in [1.82, 2.24) is 9.97 Å².